The fraction of sp³-hybridized carbons (Fsp3) is 0.412. The summed E-state index contributed by atoms with van der Waals surface area (Å²) in [6.45, 7) is 6.21. The van der Waals surface area contributed by atoms with Gasteiger partial charge in [0.25, 0.3) is 0 Å². The number of nitrogens with two attached hydrogens (primary N) is 1. The van der Waals surface area contributed by atoms with Crippen LogP contribution in [0.5, 0.6) is 0 Å². The molecule has 0 saturated heterocycles. The van der Waals surface area contributed by atoms with Gasteiger partial charge in [0.1, 0.15) is 0 Å². The second-order valence-electron chi connectivity index (χ2n) is 6.04. The van der Waals surface area contributed by atoms with Crippen LogP contribution in [-0.4, -0.2) is 20.1 Å². The first-order chi connectivity index (χ1) is 9.03. The molecule has 2 nitrogen and oxygen atoms in total. The lowest BCUT2D eigenvalue weighted by Gasteiger charge is -2.28. The van der Waals surface area contributed by atoms with E-state index >= 15 is 0 Å². The second kappa shape index (κ2) is 5.62. The zero-order chi connectivity index (χ0) is 13.9. The van der Waals surface area contributed by atoms with Gasteiger partial charge in [0.2, 0.25) is 0 Å². The van der Waals surface area contributed by atoms with E-state index in [1.807, 2.05) is 0 Å². The van der Waals surface area contributed by atoms with Gasteiger partial charge in [0, 0.05) is 24.7 Å². The smallest absolute Gasteiger partial charge is 0.0443 e. The highest BCUT2D eigenvalue weighted by Crippen LogP contribution is 2.27. The molecule has 0 aliphatic carbocycles. The van der Waals surface area contributed by atoms with Crippen LogP contribution in [0.3, 0.4) is 0 Å². The molecule has 0 aliphatic heterocycles. The molecule has 2 rings (SSSR count). The largest absolute Gasteiger partial charge is 0.374 e. The van der Waals surface area contributed by atoms with Crippen molar-refractivity contribution in [2.24, 2.45) is 11.1 Å². The lowest BCUT2D eigenvalue weighted by Crippen LogP contribution is -2.29. The molecule has 0 bridgehead atoms. The van der Waals surface area contributed by atoms with Gasteiger partial charge in [-0.3, -0.25) is 0 Å². The van der Waals surface area contributed by atoms with Crippen molar-refractivity contribution in [2.45, 2.75) is 20.3 Å². The van der Waals surface area contributed by atoms with Crippen molar-refractivity contribution < 1.29 is 0 Å². The van der Waals surface area contributed by atoms with E-state index in [0.29, 0.717) is 0 Å². The summed E-state index contributed by atoms with van der Waals surface area (Å²) in [6, 6.07) is 15.0. The molecule has 0 aliphatic rings. The summed E-state index contributed by atoms with van der Waals surface area (Å²) < 4.78 is 0. The van der Waals surface area contributed by atoms with E-state index in [0.717, 1.165) is 19.5 Å². The fourth-order valence-corrected chi connectivity index (χ4v) is 2.23. The van der Waals surface area contributed by atoms with Crippen LogP contribution in [0.15, 0.2) is 42.5 Å². The summed E-state index contributed by atoms with van der Waals surface area (Å²) in [5.41, 5.74) is 7.31. The van der Waals surface area contributed by atoms with Gasteiger partial charge in [-0.15, -0.1) is 0 Å². The first-order valence-electron chi connectivity index (χ1n) is 6.92. The van der Waals surface area contributed by atoms with Crippen molar-refractivity contribution in [2.75, 3.05) is 25.0 Å². The SMILES string of the molecule is CN(CCC(C)(C)CN)c1cccc2ccccc12. The normalized spacial score (nSPS) is 11.8. The molecule has 0 aromatic heterocycles. The summed E-state index contributed by atoms with van der Waals surface area (Å²) in [7, 11) is 2.16. The molecule has 102 valence electrons. The van der Waals surface area contributed by atoms with Crippen molar-refractivity contribution in [3.8, 4) is 0 Å². The van der Waals surface area contributed by atoms with Crippen LogP contribution in [0.4, 0.5) is 5.69 Å². The van der Waals surface area contributed by atoms with Crippen LogP contribution >= 0.6 is 0 Å². The van der Waals surface area contributed by atoms with Gasteiger partial charge in [-0.1, -0.05) is 50.2 Å². The average Bonchev–Trinajstić information content (AvgIpc) is 2.44. The Balaban J connectivity index is 2.20. The van der Waals surface area contributed by atoms with E-state index in [9.17, 15) is 0 Å². The van der Waals surface area contributed by atoms with Crippen LogP contribution in [0, 0.1) is 5.41 Å². The predicted molar refractivity (Wildman–Crippen MR) is 84.7 cm³/mol. The molecule has 0 spiro atoms. The van der Waals surface area contributed by atoms with Crippen LogP contribution in [-0.2, 0) is 0 Å². The maximum Gasteiger partial charge on any atom is 0.0443 e. The van der Waals surface area contributed by atoms with Crippen molar-refractivity contribution in [1.29, 1.82) is 0 Å². The number of anilines is 1. The Kier molecular flexibility index (Phi) is 4.11. The standard InChI is InChI=1S/C17H24N2/c1-17(2,13-18)11-12-19(3)16-10-6-8-14-7-4-5-9-15(14)16/h4-10H,11-13,18H2,1-3H3. The van der Waals surface area contributed by atoms with Gasteiger partial charge < -0.3 is 10.6 Å². The summed E-state index contributed by atoms with van der Waals surface area (Å²) in [5, 5.41) is 2.61. The molecule has 0 unspecified atom stereocenters. The molecule has 2 aromatic carbocycles. The van der Waals surface area contributed by atoms with Crippen LogP contribution in [0.25, 0.3) is 10.8 Å². The molecular weight excluding hydrogens is 232 g/mol. The number of fused-ring (bicyclic) bond motifs is 1. The summed E-state index contributed by atoms with van der Waals surface area (Å²) >= 11 is 0. The third-order valence-electron chi connectivity index (χ3n) is 3.85. The van der Waals surface area contributed by atoms with Crippen LogP contribution < -0.4 is 10.6 Å². The molecule has 0 radical (unpaired) electrons. The number of hydrogen-bond donors (Lipinski definition) is 1. The second-order valence-corrected chi connectivity index (χ2v) is 6.04. The first kappa shape index (κ1) is 13.9. The number of nitrogens with zero attached hydrogens (tertiary/aromatic N) is 1. The van der Waals surface area contributed by atoms with Gasteiger partial charge >= 0.3 is 0 Å². The van der Waals surface area contributed by atoms with Crippen LogP contribution in [0.1, 0.15) is 20.3 Å². The van der Waals surface area contributed by atoms with E-state index in [1.165, 1.54) is 16.5 Å². The number of rotatable bonds is 5. The lowest BCUT2D eigenvalue weighted by molar-refractivity contribution is 0.351. The highest BCUT2D eigenvalue weighted by molar-refractivity contribution is 5.94. The number of benzene rings is 2. The van der Waals surface area contributed by atoms with Crippen molar-refractivity contribution in [3.63, 3.8) is 0 Å². The fourth-order valence-electron chi connectivity index (χ4n) is 2.23. The minimum atomic E-state index is 0.207. The van der Waals surface area contributed by atoms with Gasteiger partial charge in [0.05, 0.1) is 0 Å². The predicted octanol–water partition coefficient (Wildman–Crippen LogP) is 3.65. The Morgan fingerprint density at radius 1 is 1.05 bits per heavy atom. The average molecular weight is 256 g/mol. The Morgan fingerprint density at radius 2 is 1.74 bits per heavy atom. The summed E-state index contributed by atoms with van der Waals surface area (Å²) in [6.07, 6.45) is 1.10. The minimum absolute atomic E-state index is 0.207. The Hall–Kier alpha value is -1.54. The minimum Gasteiger partial charge on any atom is -0.374 e. The molecule has 0 heterocycles. The summed E-state index contributed by atoms with van der Waals surface area (Å²) in [5.74, 6) is 0. The molecular formula is C17H24N2. The molecule has 2 heteroatoms. The topological polar surface area (TPSA) is 29.3 Å². The van der Waals surface area contributed by atoms with Crippen molar-refractivity contribution in [3.05, 3.63) is 42.5 Å². The number of hydrogen-bond acceptors (Lipinski definition) is 2. The third-order valence-corrected chi connectivity index (χ3v) is 3.85. The molecule has 2 aromatic rings. The molecule has 0 amide bonds. The van der Waals surface area contributed by atoms with Crippen molar-refractivity contribution in [1.82, 2.24) is 0 Å². The Morgan fingerprint density at radius 3 is 2.47 bits per heavy atom. The van der Waals surface area contributed by atoms with Gasteiger partial charge in [0.15, 0.2) is 0 Å². The summed E-state index contributed by atoms with van der Waals surface area (Å²) in [4.78, 5) is 2.33. The molecule has 0 fully saturated rings. The third kappa shape index (κ3) is 3.27. The Bertz CT molecular complexity index is 540. The zero-order valence-electron chi connectivity index (χ0n) is 12.2. The lowest BCUT2D eigenvalue weighted by atomic mass is 9.89. The van der Waals surface area contributed by atoms with Crippen LogP contribution in [0.2, 0.25) is 0 Å². The van der Waals surface area contributed by atoms with E-state index in [4.69, 9.17) is 5.73 Å². The van der Waals surface area contributed by atoms with Gasteiger partial charge in [-0.05, 0) is 29.8 Å². The molecule has 0 atom stereocenters. The van der Waals surface area contributed by atoms with Crippen molar-refractivity contribution >= 4 is 16.5 Å². The van der Waals surface area contributed by atoms with E-state index in [-0.39, 0.29) is 5.41 Å². The molecule has 19 heavy (non-hydrogen) atoms. The van der Waals surface area contributed by atoms with Gasteiger partial charge in [-0.25, -0.2) is 0 Å². The highest BCUT2D eigenvalue weighted by Gasteiger charge is 2.16. The van der Waals surface area contributed by atoms with E-state index in [1.54, 1.807) is 0 Å². The maximum atomic E-state index is 5.80. The van der Waals surface area contributed by atoms with E-state index < -0.39 is 0 Å². The highest BCUT2D eigenvalue weighted by atomic mass is 15.1. The van der Waals surface area contributed by atoms with Gasteiger partial charge in [-0.2, -0.15) is 0 Å². The quantitative estimate of drug-likeness (QED) is 0.884. The molecule has 2 N–H and O–H groups in total. The monoisotopic (exact) mass is 256 g/mol. The maximum absolute atomic E-state index is 5.80. The Labute approximate surface area is 116 Å². The molecule has 0 saturated carbocycles. The zero-order valence-corrected chi connectivity index (χ0v) is 12.2. The van der Waals surface area contributed by atoms with E-state index in [2.05, 4.69) is 68.3 Å². The first-order valence-corrected chi connectivity index (χ1v) is 6.92.